The molecule has 0 aliphatic carbocycles. The Hall–Kier alpha value is -0.830. The zero-order valence-corrected chi connectivity index (χ0v) is 5.24. The Bertz CT molecular complexity index is 117. The predicted molar refractivity (Wildman–Crippen MR) is 33.1 cm³/mol. The lowest BCUT2D eigenvalue weighted by atomic mass is 10.2. The normalized spacial score (nSPS) is 14.0. The Kier molecular flexibility index (Phi) is 3.71. The molecule has 1 unspecified atom stereocenters. The molecule has 3 heteroatoms. The molecule has 2 N–H and O–H groups in total. The molecule has 52 valence electrons. The fourth-order valence-corrected chi connectivity index (χ4v) is 0.329. The summed E-state index contributed by atoms with van der Waals surface area (Å²) < 4.78 is 0. The fraction of sp³-hybridized carbons (Fsp3) is 0.500. The van der Waals surface area contributed by atoms with Crippen molar-refractivity contribution in [3.8, 4) is 0 Å². The third kappa shape index (κ3) is 5.03. The highest BCUT2D eigenvalue weighted by atomic mass is 16.4. The van der Waals surface area contributed by atoms with Crippen LogP contribution in [0.25, 0.3) is 0 Å². The molecule has 0 bridgehead atoms. The lowest BCUT2D eigenvalue weighted by molar-refractivity contribution is -0.131. The van der Waals surface area contributed by atoms with Gasteiger partial charge in [0.15, 0.2) is 0 Å². The highest BCUT2D eigenvalue weighted by Gasteiger charge is 1.93. The summed E-state index contributed by atoms with van der Waals surface area (Å²) in [5.41, 5.74) is 0. The van der Waals surface area contributed by atoms with Crippen molar-refractivity contribution >= 4 is 5.97 Å². The number of carbonyl (C=O) groups is 1. The highest BCUT2D eigenvalue weighted by Crippen LogP contribution is 1.90. The fourth-order valence-electron chi connectivity index (χ4n) is 0.329. The Labute approximate surface area is 53.6 Å². The summed E-state index contributed by atoms with van der Waals surface area (Å²) in [4.78, 5) is 9.82. The summed E-state index contributed by atoms with van der Waals surface area (Å²) in [5.74, 6) is -1.03. The van der Waals surface area contributed by atoms with Crippen LogP contribution in [0.15, 0.2) is 12.2 Å². The molecule has 0 amide bonds. The Balaban J connectivity index is 3.56. The van der Waals surface area contributed by atoms with Crippen molar-refractivity contribution in [2.75, 3.05) is 0 Å². The van der Waals surface area contributed by atoms with E-state index in [4.69, 9.17) is 10.2 Å². The number of carboxylic acids is 1. The molecule has 0 saturated carbocycles. The molecule has 0 rings (SSSR count). The van der Waals surface area contributed by atoms with Crippen molar-refractivity contribution in [2.24, 2.45) is 0 Å². The molecule has 0 fully saturated rings. The van der Waals surface area contributed by atoms with Gasteiger partial charge in [-0.25, -0.2) is 4.79 Å². The number of carboxylic acid groups (broad SMARTS) is 1. The van der Waals surface area contributed by atoms with E-state index in [1.165, 1.54) is 6.08 Å². The van der Waals surface area contributed by atoms with Crippen LogP contribution in [0.3, 0.4) is 0 Å². The van der Waals surface area contributed by atoms with Crippen molar-refractivity contribution in [3.05, 3.63) is 12.2 Å². The van der Waals surface area contributed by atoms with Crippen LogP contribution in [-0.2, 0) is 4.79 Å². The molecule has 0 aromatic carbocycles. The van der Waals surface area contributed by atoms with Gasteiger partial charge in [0.25, 0.3) is 0 Å². The quantitative estimate of drug-likeness (QED) is 0.543. The number of rotatable bonds is 3. The molecular formula is C6H10O3. The van der Waals surface area contributed by atoms with Gasteiger partial charge in [0, 0.05) is 6.08 Å². The minimum atomic E-state index is -1.03. The minimum Gasteiger partial charge on any atom is -0.478 e. The second-order valence-electron chi connectivity index (χ2n) is 1.67. The molecular weight excluding hydrogens is 120 g/mol. The molecule has 9 heavy (non-hydrogen) atoms. The van der Waals surface area contributed by atoms with Gasteiger partial charge in [-0.15, -0.1) is 0 Å². The van der Waals surface area contributed by atoms with Gasteiger partial charge < -0.3 is 10.2 Å². The topological polar surface area (TPSA) is 57.5 Å². The van der Waals surface area contributed by atoms with Crippen LogP contribution in [-0.4, -0.2) is 22.3 Å². The maximum atomic E-state index is 9.82. The SMILES string of the molecule is CCC(O)/C=C\C(=O)O. The van der Waals surface area contributed by atoms with Gasteiger partial charge in [-0.05, 0) is 12.5 Å². The van der Waals surface area contributed by atoms with Gasteiger partial charge in [-0.2, -0.15) is 0 Å². The maximum Gasteiger partial charge on any atom is 0.328 e. The average Bonchev–Trinajstić information content (AvgIpc) is 1.83. The third-order valence-electron chi connectivity index (χ3n) is 0.879. The molecule has 0 aromatic rings. The third-order valence-corrected chi connectivity index (χ3v) is 0.879. The summed E-state index contributed by atoms with van der Waals surface area (Å²) in [6, 6.07) is 0. The van der Waals surface area contributed by atoms with Gasteiger partial charge in [0.2, 0.25) is 0 Å². The molecule has 1 atom stereocenters. The van der Waals surface area contributed by atoms with E-state index in [1.807, 2.05) is 0 Å². The van der Waals surface area contributed by atoms with E-state index in [-0.39, 0.29) is 0 Å². The minimum absolute atomic E-state index is 0.545. The first-order valence-corrected chi connectivity index (χ1v) is 2.76. The second-order valence-corrected chi connectivity index (χ2v) is 1.67. The average molecular weight is 130 g/mol. The number of aliphatic carboxylic acids is 1. The first kappa shape index (κ1) is 8.17. The van der Waals surface area contributed by atoms with Gasteiger partial charge in [-0.1, -0.05) is 6.92 Å². The number of hydrogen-bond acceptors (Lipinski definition) is 2. The van der Waals surface area contributed by atoms with E-state index in [9.17, 15) is 4.79 Å². The van der Waals surface area contributed by atoms with Crippen LogP contribution in [0.4, 0.5) is 0 Å². The lowest BCUT2D eigenvalue weighted by Gasteiger charge is -1.95. The Morgan fingerprint density at radius 1 is 1.78 bits per heavy atom. The molecule has 0 aromatic heterocycles. The largest absolute Gasteiger partial charge is 0.478 e. The molecule has 3 nitrogen and oxygen atoms in total. The van der Waals surface area contributed by atoms with Crippen molar-refractivity contribution in [2.45, 2.75) is 19.4 Å². The summed E-state index contributed by atoms with van der Waals surface area (Å²) in [6.45, 7) is 1.77. The van der Waals surface area contributed by atoms with Crippen LogP contribution in [0, 0.1) is 0 Å². The summed E-state index contributed by atoms with van der Waals surface area (Å²) >= 11 is 0. The summed E-state index contributed by atoms with van der Waals surface area (Å²) in [7, 11) is 0. The van der Waals surface area contributed by atoms with Crippen molar-refractivity contribution < 1.29 is 15.0 Å². The van der Waals surface area contributed by atoms with Gasteiger partial charge in [0.1, 0.15) is 0 Å². The van der Waals surface area contributed by atoms with E-state index in [2.05, 4.69) is 0 Å². The summed E-state index contributed by atoms with van der Waals surface area (Å²) in [5, 5.41) is 16.8. The van der Waals surface area contributed by atoms with E-state index in [0.717, 1.165) is 6.08 Å². The van der Waals surface area contributed by atoms with E-state index in [0.29, 0.717) is 6.42 Å². The van der Waals surface area contributed by atoms with E-state index >= 15 is 0 Å². The molecule has 0 heterocycles. The number of hydrogen-bond donors (Lipinski definition) is 2. The number of aliphatic hydroxyl groups excluding tert-OH is 1. The molecule has 0 spiro atoms. The van der Waals surface area contributed by atoms with Crippen LogP contribution >= 0.6 is 0 Å². The smallest absolute Gasteiger partial charge is 0.328 e. The van der Waals surface area contributed by atoms with Gasteiger partial charge in [0.05, 0.1) is 6.10 Å². The van der Waals surface area contributed by atoms with Gasteiger partial charge in [-0.3, -0.25) is 0 Å². The monoisotopic (exact) mass is 130 g/mol. The van der Waals surface area contributed by atoms with Gasteiger partial charge >= 0.3 is 5.97 Å². The molecule has 0 aliphatic rings. The first-order valence-electron chi connectivity index (χ1n) is 2.76. The van der Waals surface area contributed by atoms with Crippen LogP contribution < -0.4 is 0 Å². The lowest BCUT2D eigenvalue weighted by Crippen LogP contribution is -2.00. The standard InChI is InChI=1S/C6H10O3/c1-2-5(7)3-4-6(8)9/h3-5,7H,2H2,1H3,(H,8,9)/b4-3-. The molecule has 0 aliphatic heterocycles. The van der Waals surface area contributed by atoms with Crippen LogP contribution in [0.2, 0.25) is 0 Å². The highest BCUT2D eigenvalue weighted by molar-refractivity contribution is 5.79. The van der Waals surface area contributed by atoms with Crippen LogP contribution in [0.5, 0.6) is 0 Å². The zero-order chi connectivity index (χ0) is 7.28. The Morgan fingerprint density at radius 3 is 2.67 bits per heavy atom. The Morgan fingerprint density at radius 2 is 2.33 bits per heavy atom. The molecule has 0 saturated heterocycles. The van der Waals surface area contributed by atoms with Crippen molar-refractivity contribution in [1.29, 1.82) is 0 Å². The van der Waals surface area contributed by atoms with Crippen LogP contribution in [0.1, 0.15) is 13.3 Å². The molecule has 0 radical (unpaired) electrons. The summed E-state index contributed by atoms with van der Waals surface area (Å²) in [6.07, 6.45) is 2.11. The van der Waals surface area contributed by atoms with Crippen molar-refractivity contribution in [3.63, 3.8) is 0 Å². The van der Waals surface area contributed by atoms with E-state index < -0.39 is 12.1 Å². The zero-order valence-electron chi connectivity index (χ0n) is 5.24. The maximum absolute atomic E-state index is 9.82. The second kappa shape index (κ2) is 4.09. The van der Waals surface area contributed by atoms with E-state index in [1.54, 1.807) is 6.92 Å². The van der Waals surface area contributed by atoms with Crippen molar-refractivity contribution in [1.82, 2.24) is 0 Å². The number of aliphatic hydroxyl groups is 1. The predicted octanol–water partition coefficient (Wildman–Crippen LogP) is 0.398. The first-order chi connectivity index (χ1) is 4.16.